The van der Waals surface area contributed by atoms with E-state index in [0.29, 0.717) is 28.1 Å². The smallest absolute Gasteiger partial charge is 0.250 e. The second kappa shape index (κ2) is 5.30. The molecule has 4 heteroatoms. The third kappa shape index (κ3) is 2.51. The highest BCUT2D eigenvalue weighted by atomic mass is 35.5. The predicted octanol–water partition coefficient (Wildman–Crippen LogP) is 3.09. The van der Waals surface area contributed by atoms with Gasteiger partial charge in [0.05, 0.1) is 5.56 Å². The van der Waals surface area contributed by atoms with Crippen LogP contribution in [0.5, 0.6) is 0 Å². The fourth-order valence-corrected chi connectivity index (χ4v) is 3.54. The number of rotatable bonds is 2. The molecule has 0 amide bonds. The van der Waals surface area contributed by atoms with Crippen LogP contribution in [0.4, 0.5) is 5.69 Å². The molecular formula is C17H18ClNO2. The summed E-state index contributed by atoms with van der Waals surface area (Å²) in [6.07, 6.45) is 1.17. The third-order valence-corrected chi connectivity index (χ3v) is 4.46. The molecule has 2 unspecified atom stereocenters. The van der Waals surface area contributed by atoms with Gasteiger partial charge in [0.25, 0.3) is 0 Å². The molecule has 3 rings (SSSR count). The summed E-state index contributed by atoms with van der Waals surface area (Å²) < 4.78 is 0. The van der Waals surface area contributed by atoms with Crippen molar-refractivity contribution >= 4 is 17.3 Å². The van der Waals surface area contributed by atoms with Gasteiger partial charge < -0.3 is 4.90 Å². The Hall–Kier alpha value is -1.61. The van der Waals surface area contributed by atoms with Crippen molar-refractivity contribution in [3.8, 4) is 11.1 Å². The van der Waals surface area contributed by atoms with E-state index >= 15 is 0 Å². The van der Waals surface area contributed by atoms with E-state index in [2.05, 4.69) is 18.7 Å². The molecule has 21 heavy (non-hydrogen) atoms. The topological polar surface area (TPSA) is 37.4 Å². The summed E-state index contributed by atoms with van der Waals surface area (Å²) in [4.78, 5) is 26.1. The number of benzene rings is 1. The first-order valence-corrected chi connectivity index (χ1v) is 7.69. The Morgan fingerprint density at radius 2 is 1.57 bits per heavy atom. The zero-order chi connectivity index (χ0) is 15.1. The zero-order valence-electron chi connectivity index (χ0n) is 12.2. The number of anilines is 1. The Morgan fingerprint density at radius 3 is 2.14 bits per heavy atom. The molecule has 0 aliphatic carbocycles. The first kappa shape index (κ1) is 14.3. The molecular weight excluding hydrogens is 286 g/mol. The van der Waals surface area contributed by atoms with Crippen LogP contribution >= 0.6 is 11.6 Å². The molecule has 1 fully saturated rings. The quantitative estimate of drug-likeness (QED) is 0.800. The molecule has 0 spiro atoms. The van der Waals surface area contributed by atoms with E-state index in [1.807, 2.05) is 0 Å². The first-order valence-electron chi connectivity index (χ1n) is 7.31. The van der Waals surface area contributed by atoms with Crippen LogP contribution in [0.1, 0.15) is 20.3 Å². The molecule has 0 N–H and O–H groups in total. The monoisotopic (exact) mass is 303 g/mol. The number of halogens is 1. The van der Waals surface area contributed by atoms with Crippen molar-refractivity contribution in [1.29, 1.82) is 0 Å². The van der Waals surface area contributed by atoms with Gasteiger partial charge in [-0.3, -0.25) is 9.59 Å². The molecule has 0 radical (unpaired) electrons. The van der Waals surface area contributed by atoms with Gasteiger partial charge in [-0.05, 0) is 36.0 Å². The first-order chi connectivity index (χ1) is 9.97. The molecule has 110 valence electrons. The fraction of sp³-hybridized carbons (Fsp3) is 0.412. The van der Waals surface area contributed by atoms with Crippen LogP contribution in [-0.2, 0) is 0 Å². The number of hydrogen-bond donors (Lipinski definition) is 0. The molecule has 2 aromatic carbocycles. The zero-order valence-corrected chi connectivity index (χ0v) is 13.0. The van der Waals surface area contributed by atoms with Crippen molar-refractivity contribution in [3.63, 3.8) is 0 Å². The van der Waals surface area contributed by atoms with Crippen molar-refractivity contribution in [1.82, 2.24) is 0 Å². The lowest BCUT2D eigenvalue weighted by Crippen LogP contribution is -2.47. The molecule has 0 saturated carbocycles. The number of nitrogens with zero attached hydrogens (tertiary/aromatic N) is 1. The van der Waals surface area contributed by atoms with Gasteiger partial charge in [0.1, 0.15) is 5.69 Å². The SMILES string of the molecule is CC1CC(C)CN(c2c(-c3ccc(Cl)cc3)c(=O)c2=O)C1. The summed E-state index contributed by atoms with van der Waals surface area (Å²) in [5.41, 5.74) is 1.21. The van der Waals surface area contributed by atoms with Gasteiger partial charge in [0.15, 0.2) is 0 Å². The van der Waals surface area contributed by atoms with Crippen LogP contribution in [0.25, 0.3) is 11.1 Å². The Balaban J connectivity index is 2.01. The summed E-state index contributed by atoms with van der Waals surface area (Å²) in [7, 11) is 0. The minimum atomic E-state index is -0.377. The van der Waals surface area contributed by atoms with Crippen molar-refractivity contribution in [2.45, 2.75) is 20.3 Å². The van der Waals surface area contributed by atoms with Crippen molar-refractivity contribution in [3.05, 3.63) is 49.7 Å². The molecule has 1 aliphatic heterocycles. The predicted molar refractivity (Wildman–Crippen MR) is 87.0 cm³/mol. The van der Waals surface area contributed by atoms with Gasteiger partial charge in [-0.25, -0.2) is 0 Å². The summed E-state index contributed by atoms with van der Waals surface area (Å²) in [6.45, 7) is 6.07. The lowest BCUT2D eigenvalue weighted by atomic mass is 9.89. The van der Waals surface area contributed by atoms with Gasteiger partial charge in [0.2, 0.25) is 10.9 Å². The second-order valence-electron chi connectivity index (χ2n) is 6.24. The maximum absolute atomic E-state index is 12.0. The van der Waals surface area contributed by atoms with E-state index in [-0.39, 0.29) is 10.9 Å². The van der Waals surface area contributed by atoms with E-state index in [1.165, 1.54) is 6.42 Å². The maximum Gasteiger partial charge on any atom is 0.250 e. The number of piperidine rings is 1. The van der Waals surface area contributed by atoms with Crippen molar-refractivity contribution in [2.24, 2.45) is 11.8 Å². The average Bonchev–Trinajstić information content (AvgIpc) is 2.44. The lowest BCUT2D eigenvalue weighted by Gasteiger charge is -2.37. The van der Waals surface area contributed by atoms with E-state index in [1.54, 1.807) is 24.3 Å². The van der Waals surface area contributed by atoms with E-state index in [0.717, 1.165) is 18.7 Å². The number of hydrogen-bond acceptors (Lipinski definition) is 3. The third-order valence-electron chi connectivity index (χ3n) is 4.20. The molecule has 1 aliphatic rings. The Kier molecular flexibility index (Phi) is 3.62. The molecule has 0 bridgehead atoms. The van der Waals surface area contributed by atoms with Gasteiger partial charge in [0, 0.05) is 18.1 Å². The molecule has 1 heterocycles. The Bertz CT molecular complexity index is 718. The fourth-order valence-electron chi connectivity index (χ4n) is 3.41. The summed E-state index contributed by atoms with van der Waals surface area (Å²) >= 11 is 5.89. The molecule has 3 nitrogen and oxygen atoms in total. The molecule has 2 atom stereocenters. The van der Waals surface area contributed by atoms with Crippen LogP contribution in [0.2, 0.25) is 5.02 Å². The van der Waals surface area contributed by atoms with Gasteiger partial charge >= 0.3 is 0 Å². The van der Waals surface area contributed by atoms with E-state index in [4.69, 9.17) is 11.6 Å². The molecule has 0 aromatic heterocycles. The summed E-state index contributed by atoms with van der Waals surface area (Å²) in [5.74, 6) is 1.08. The van der Waals surface area contributed by atoms with Gasteiger partial charge in [-0.2, -0.15) is 0 Å². The highest BCUT2D eigenvalue weighted by molar-refractivity contribution is 6.30. The van der Waals surface area contributed by atoms with E-state index < -0.39 is 0 Å². The minimum absolute atomic E-state index is 0.346. The average molecular weight is 304 g/mol. The summed E-state index contributed by atoms with van der Waals surface area (Å²) in [5, 5.41) is 0.624. The van der Waals surface area contributed by atoms with Crippen LogP contribution in [0.3, 0.4) is 0 Å². The normalized spacial score (nSPS) is 22.7. The van der Waals surface area contributed by atoms with E-state index in [9.17, 15) is 9.59 Å². The molecule has 2 aromatic rings. The largest absolute Gasteiger partial charge is 0.367 e. The van der Waals surface area contributed by atoms with Crippen LogP contribution < -0.4 is 15.8 Å². The van der Waals surface area contributed by atoms with Crippen molar-refractivity contribution < 1.29 is 0 Å². The van der Waals surface area contributed by atoms with Crippen molar-refractivity contribution in [2.75, 3.05) is 18.0 Å². The van der Waals surface area contributed by atoms with Crippen LogP contribution in [0.15, 0.2) is 33.9 Å². The van der Waals surface area contributed by atoms with Gasteiger partial charge in [-0.1, -0.05) is 37.6 Å². The lowest BCUT2D eigenvalue weighted by molar-refractivity contribution is 0.356. The second-order valence-corrected chi connectivity index (χ2v) is 6.68. The Morgan fingerprint density at radius 1 is 1.00 bits per heavy atom. The van der Waals surface area contributed by atoms with Gasteiger partial charge in [-0.15, -0.1) is 0 Å². The highest BCUT2D eigenvalue weighted by Gasteiger charge is 2.31. The van der Waals surface area contributed by atoms with Crippen LogP contribution in [0, 0.1) is 11.8 Å². The maximum atomic E-state index is 12.0. The van der Waals surface area contributed by atoms with Crippen LogP contribution in [-0.4, -0.2) is 13.1 Å². The Labute approximate surface area is 128 Å². The summed E-state index contributed by atoms with van der Waals surface area (Å²) in [6, 6.07) is 7.11. The highest BCUT2D eigenvalue weighted by Crippen LogP contribution is 2.32. The standard InChI is InChI=1S/C17H18ClNO2/c1-10-7-11(2)9-19(8-10)15-14(16(20)17(15)21)12-3-5-13(18)6-4-12/h3-6,10-11H,7-9H2,1-2H3. The molecule has 1 saturated heterocycles. The minimum Gasteiger partial charge on any atom is -0.367 e.